The Hall–Kier alpha value is -2.74. The first kappa shape index (κ1) is 19.0. The minimum Gasteiger partial charge on any atom is -0.497 e. The van der Waals surface area contributed by atoms with Gasteiger partial charge in [0.2, 0.25) is 0 Å². The normalized spacial score (nSPS) is 12.1. The monoisotopic (exact) mass is 396 g/mol. The molecule has 0 radical (unpaired) electrons. The maximum Gasteiger partial charge on any atom is 0.534 e. The van der Waals surface area contributed by atoms with Gasteiger partial charge in [-0.3, -0.25) is 0 Å². The number of methoxy groups -OCH3 is 1. The fraction of sp³-hybridized carbons (Fsp3) is 0.158. The van der Waals surface area contributed by atoms with Crippen LogP contribution in [0.15, 0.2) is 60.7 Å². The Bertz CT molecular complexity index is 1060. The lowest BCUT2D eigenvalue weighted by molar-refractivity contribution is -0.0499. The predicted molar refractivity (Wildman–Crippen MR) is 95.4 cm³/mol. The summed E-state index contributed by atoms with van der Waals surface area (Å²) in [5.41, 5.74) is -4.42. The highest BCUT2D eigenvalue weighted by molar-refractivity contribution is 7.88. The van der Waals surface area contributed by atoms with E-state index in [0.717, 1.165) is 5.56 Å². The minimum atomic E-state index is -5.82. The van der Waals surface area contributed by atoms with E-state index in [2.05, 4.69) is 4.18 Å². The van der Waals surface area contributed by atoms with Crippen LogP contribution in [-0.4, -0.2) is 21.0 Å². The molecule has 3 rings (SSSR count). The van der Waals surface area contributed by atoms with Crippen LogP contribution in [0.3, 0.4) is 0 Å². The number of hydrogen-bond acceptors (Lipinski definition) is 4. The second-order valence-corrected chi connectivity index (χ2v) is 7.32. The van der Waals surface area contributed by atoms with Crippen molar-refractivity contribution in [1.82, 2.24) is 0 Å². The molecule has 0 spiro atoms. The lowest BCUT2D eigenvalue weighted by atomic mass is 9.99. The van der Waals surface area contributed by atoms with Crippen LogP contribution in [0.2, 0.25) is 0 Å². The Morgan fingerprint density at radius 1 is 0.963 bits per heavy atom. The van der Waals surface area contributed by atoms with Crippen molar-refractivity contribution in [3.63, 3.8) is 0 Å². The van der Waals surface area contributed by atoms with Crippen molar-refractivity contribution in [1.29, 1.82) is 0 Å². The molecular weight excluding hydrogens is 381 g/mol. The quantitative estimate of drug-likeness (QED) is 0.465. The van der Waals surface area contributed by atoms with Crippen LogP contribution in [0, 0.1) is 0 Å². The lowest BCUT2D eigenvalue weighted by Gasteiger charge is -2.16. The topological polar surface area (TPSA) is 52.6 Å². The third-order valence-electron chi connectivity index (χ3n) is 3.97. The van der Waals surface area contributed by atoms with Gasteiger partial charge in [0.1, 0.15) is 5.75 Å². The Labute approximate surface area is 154 Å². The van der Waals surface area contributed by atoms with Crippen LogP contribution in [0.5, 0.6) is 11.5 Å². The second kappa shape index (κ2) is 7.11. The van der Waals surface area contributed by atoms with Gasteiger partial charge in [-0.1, -0.05) is 48.5 Å². The smallest absolute Gasteiger partial charge is 0.497 e. The van der Waals surface area contributed by atoms with Crippen LogP contribution >= 0.6 is 0 Å². The Morgan fingerprint density at radius 3 is 2.26 bits per heavy atom. The highest BCUT2D eigenvalue weighted by atomic mass is 32.2. The lowest BCUT2D eigenvalue weighted by Crippen LogP contribution is -2.28. The molecule has 3 aromatic carbocycles. The number of rotatable bonds is 5. The number of ether oxygens (including phenoxy) is 1. The molecule has 0 aliphatic heterocycles. The first-order valence-corrected chi connectivity index (χ1v) is 9.26. The van der Waals surface area contributed by atoms with Gasteiger partial charge in [0.25, 0.3) is 0 Å². The first-order valence-electron chi connectivity index (χ1n) is 7.85. The average Bonchev–Trinajstić information content (AvgIpc) is 2.63. The van der Waals surface area contributed by atoms with Crippen LogP contribution in [0.1, 0.15) is 11.1 Å². The van der Waals surface area contributed by atoms with E-state index in [1.807, 2.05) is 0 Å². The van der Waals surface area contributed by atoms with E-state index < -0.39 is 15.6 Å². The minimum absolute atomic E-state index is 0.205. The highest BCUT2D eigenvalue weighted by Crippen LogP contribution is 2.37. The molecule has 0 aliphatic rings. The van der Waals surface area contributed by atoms with Gasteiger partial charge in [-0.15, -0.1) is 0 Å². The van der Waals surface area contributed by atoms with Crippen LogP contribution in [-0.2, 0) is 16.5 Å². The molecule has 142 valence electrons. The molecule has 0 aromatic heterocycles. The van der Waals surface area contributed by atoms with Gasteiger partial charge in [0.05, 0.1) is 7.11 Å². The summed E-state index contributed by atoms with van der Waals surface area (Å²) in [5.74, 6) is 0.0150. The molecule has 0 N–H and O–H groups in total. The van der Waals surface area contributed by atoms with Gasteiger partial charge in [0, 0.05) is 17.4 Å². The van der Waals surface area contributed by atoms with Crippen molar-refractivity contribution in [2.24, 2.45) is 0 Å². The van der Waals surface area contributed by atoms with Gasteiger partial charge in [-0.2, -0.15) is 21.6 Å². The van der Waals surface area contributed by atoms with Crippen molar-refractivity contribution in [2.45, 2.75) is 11.9 Å². The molecule has 4 nitrogen and oxygen atoms in total. The summed E-state index contributed by atoms with van der Waals surface area (Å²) < 4.78 is 71.6. The van der Waals surface area contributed by atoms with Crippen LogP contribution < -0.4 is 8.92 Å². The molecule has 8 heteroatoms. The number of fused-ring (bicyclic) bond motifs is 1. The first-order chi connectivity index (χ1) is 12.7. The zero-order valence-corrected chi connectivity index (χ0v) is 15.0. The summed E-state index contributed by atoms with van der Waals surface area (Å²) in [6.07, 6.45) is 0.205. The number of halogens is 3. The van der Waals surface area contributed by atoms with E-state index in [1.165, 1.54) is 13.2 Å². The summed E-state index contributed by atoms with van der Waals surface area (Å²) in [7, 11) is -4.41. The van der Waals surface area contributed by atoms with Crippen molar-refractivity contribution in [3.8, 4) is 11.5 Å². The Balaban J connectivity index is 2.19. The van der Waals surface area contributed by atoms with Crippen molar-refractivity contribution in [2.75, 3.05) is 7.11 Å². The van der Waals surface area contributed by atoms with Gasteiger partial charge < -0.3 is 8.92 Å². The standard InChI is InChI=1S/C19H15F3O4S/c1-25-16-10-9-14-7-8-15(11-13-5-3-2-4-6-13)18(17(14)12-16)26-27(23,24)19(20,21)22/h2-10,12H,11H2,1H3. The zero-order valence-electron chi connectivity index (χ0n) is 14.2. The third kappa shape index (κ3) is 4.00. The molecule has 0 atom stereocenters. The van der Waals surface area contributed by atoms with E-state index >= 15 is 0 Å². The molecule has 0 unspecified atom stereocenters. The number of hydrogen-bond donors (Lipinski definition) is 0. The van der Waals surface area contributed by atoms with Crippen LogP contribution in [0.4, 0.5) is 13.2 Å². The Morgan fingerprint density at radius 2 is 1.63 bits per heavy atom. The second-order valence-electron chi connectivity index (χ2n) is 5.79. The van der Waals surface area contributed by atoms with Gasteiger partial charge in [-0.05, 0) is 23.1 Å². The molecule has 0 fully saturated rings. The summed E-state index contributed by atoms with van der Waals surface area (Å²) in [6.45, 7) is 0. The van der Waals surface area contributed by atoms with Gasteiger partial charge in [-0.25, -0.2) is 0 Å². The fourth-order valence-electron chi connectivity index (χ4n) is 2.65. The molecule has 3 aromatic rings. The fourth-order valence-corrected chi connectivity index (χ4v) is 3.16. The van der Waals surface area contributed by atoms with Crippen molar-refractivity contribution < 1.29 is 30.5 Å². The molecular formula is C19H15F3O4S. The summed E-state index contributed by atoms with van der Waals surface area (Å²) in [4.78, 5) is 0. The van der Waals surface area contributed by atoms with Gasteiger partial charge in [0.15, 0.2) is 5.75 Å². The van der Waals surface area contributed by atoms with E-state index in [-0.39, 0.29) is 17.6 Å². The van der Waals surface area contributed by atoms with E-state index in [4.69, 9.17) is 4.74 Å². The average molecular weight is 396 g/mol. The summed E-state index contributed by atoms with van der Waals surface area (Å²) in [6, 6.07) is 16.9. The molecule has 0 saturated heterocycles. The van der Waals surface area contributed by atoms with Gasteiger partial charge >= 0.3 is 15.6 Å². The van der Waals surface area contributed by atoms with Crippen LogP contribution in [0.25, 0.3) is 10.8 Å². The SMILES string of the molecule is COc1ccc2ccc(Cc3ccccc3)c(OS(=O)(=O)C(F)(F)F)c2c1. The maximum atomic E-state index is 12.9. The van der Waals surface area contributed by atoms with E-state index in [0.29, 0.717) is 16.7 Å². The molecule has 0 amide bonds. The molecule has 0 bridgehead atoms. The predicted octanol–water partition coefficient (Wildman–Crippen LogP) is 4.67. The highest BCUT2D eigenvalue weighted by Gasteiger charge is 2.49. The number of benzene rings is 3. The van der Waals surface area contributed by atoms with E-state index in [1.54, 1.807) is 54.6 Å². The number of alkyl halides is 3. The molecule has 0 heterocycles. The molecule has 0 aliphatic carbocycles. The summed E-state index contributed by atoms with van der Waals surface area (Å²) in [5, 5.41) is 0.746. The zero-order chi connectivity index (χ0) is 19.7. The Kier molecular flexibility index (Phi) is 5.01. The maximum absolute atomic E-state index is 12.9. The van der Waals surface area contributed by atoms with E-state index in [9.17, 15) is 21.6 Å². The molecule has 0 saturated carbocycles. The van der Waals surface area contributed by atoms with Crippen molar-refractivity contribution in [3.05, 3.63) is 71.8 Å². The largest absolute Gasteiger partial charge is 0.534 e. The molecule has 27 heavy (non-hydrogen) atoms. The summed E-state index contributed by atoms with van der Waals surface area (Å²) >= 11 is 0. The third-order valence-corrected chi connectivity index (χ3v) is 4.93. The van der Waals surface area contributed by atoms with Crippen molar-refractivity contribution >= 4 is 20.9 Å².